The Bertz CT molecular complexity index is 1370. The molecule has 0 saturated heterocycles. The summed E-state index contributed by atoms with van der Waals surface area (Å²) in [6.07, 6.45) is 2.50. The van der Waals surface area contributed by atoms with Gasteiger partial charge in [0.15, 0.2) is 5.54 Å². The zero-order valence-electron chi connectivity index (χ0n) is 19.5. The summed E-state index contributed by atoms with van der Waals surface area (Å²) in [6.45, 7) is 3.54. The average molecular weight is 503 g/mol. The maximum absolute atomic E-state index is 15.1. The third kappa shape index (κ3) is 3.02. The van der Waals surface area contributed by atoms with Crippen molar-refractivity contribution in [3.05, 3.63) is 77.4 Å². The van der Waals surface area contributed by atoms with Crippen LogP contribution in [0.15, 0.2) is 76.8 Å². The number of alkyl halides is 3. The molecule has 10 heteroatoms. The van der Waals surface area contributed by atoms with Crippen molar-refractivity contribution in [1.82, 2.24) is 14.0 Å². The van der Waals surface area contributed by atoms with Crippen LogP contribution in [0.3, 0.4) is 0 Å². The highest BCUT2D eigenvalue weighted by molar-refractivity contribution is 8.14. The molecule has 0 saturated carbocycles. The van der Waals surface area contributed by atoms with E-state index >= 15 is 13.2 Å². The molecule has 1 aromatic carbocycles. The Morgan fingerprint density at radius 1 is 1.20 bits per heavy atom. The normalized spacial score (nSPS) is 24.9. The van der Waals surface area contributed by atoms with Crippen LogP contribution in [-0.4, -0.2) is 40.7 Å². The number of imidazole rings is 1. The van der Waals surface area contributed by atoms with Gasteiger partial charge in [0.2, 0.25) is 5.12 Å². The number of rotatable bonds is 4. The molecule has 0 radical (unpaired) electrons. The fourth-order valence-corrected chi connectivity index (χ4v) is 6.32. The summed E-state index contributed by atoms with van der Waals surface area (Å²) in [5.74, 6) is 0.850. The van der Waals surface area contributed by atoms with Crippen LogP contribution in [0.25, 0.3) is 5.70 Å². The second-order valence-corrected chi connectivity index (χ2v) is 9.63. The predicted octanol–water partition coefficient (Wildman–Crippen LogP) is 6.04. The molecule has 35 heavy (non-hydrogen) atoms. The van der Waals surface area contributed by atoms with Gasteiger partial charge in [0, 0.05) is 17.6 Å². The number of aromatic nitrogens is 2. The summed E-state index contributed by atoms with van der Waals surface area (Å²) in [5.41, 5.74) is 0.577. The molecule has 3 aliphatic rings. The minimum atomic E-state index is -4.70. The first-order valence-electron chi connectivity index (χ1n) is 10.8. The van der Waals surface area contributed by atoms with Gasteiger partial charge in [-0.2, -0.15) is 4.98 Å². The summed E-state index contributed by atoms with van der Waals surface area (Å²) >= 11 is 0.836. The second kappa shape index (κ2) is 7.89. The van der Waals surface area contributed by atoms with E-state index in [-0.39, 0.29) is 17.5 Å². The Morgan fingerprint density at radius 2 is 1.97 bits per heavy atom. The molecule has 0 amide bonds. The Kier molecular flexibility index (Phi) is 5.30. The van der Waals surface area contributed by atoms with Crippen molar-refractivity contribution in [2.45, 2.75) is 37.1 Å². The van der Waals surface area contributed by atoms with E-state index in [0.717, 1.165) is 18.0 Å². The lowest BCUT2D eigenvalue weighted by molar-refractivity contribution is -0.236. The van der Waals surface area contributed by atoms with E-state index in [4.69, 9.17) is 9.47 Å². The number of fused-ring (bicyclic) bond motifs is 3. The lowest BCUT2D eigenvalue weighted by atomic mass is 9.77. The molecule has 182 valence electrons. The van der Waals surface area contributed by atoms with Crippen LogP contribution in [0.5, 0.6) is 5.75 Å². The SMILES string of the molecule is COC1=C(C)CC23C=CC=C[N+]2(C(F)(F)F)c2ncc(SC(=O)c4cccc(OC)c4)n2C3=C1C. The third-order valence-corrected chi connectivity index (χ3v) is 7.73. The molecule has 2 unspecified atom stereocenters. The van der Waals surface area contributed by atoms with Gasteiger partial charge in [-0.05, 0) is 55.5 Å². The van der Waals surface area contributed by atoms with E-state index in [9.17, 15) is 4.79 Å². The summed E-state index contributed by atoms with van der Waals surface area (Å²) in [7, 11) is 3.01. The van der Waals surface area contributed by atoms with Crippen molar-refractivity contribution < 1.29 is 27.4 Å². The van der Waals surface area contributed by atoms with Gasteiger partial charge in [-0.1, -0.05) is 18.2 Å². The number of thioether (sulfide) groups is 1. The van der Waals surface area contributed by atoms with Gasteiger partial charge in [0.1, 0.15) is 28.4 Å². The Hall–Kier alpha value is -3.24. The molecule has 2 atom stereocenters. The lowest BCUT2D eigenvalue weighted by Gasteiger charge is -2.45. The number of carbonyl (C=O) groups excluding carboxylic acids is 1. The van der Waals surface area contributed by atoms with E-state index in [1.807, 2.05) is 0 Å². The van der Waals surface area contributed by atoms with Gasteiger partial charge in [-0.25, -0.2) is 4.57 Å². The molecular formula is C25H23F3N3O3S+. The molecule has 5 rings (SSSR count). The number of allylic oxidation sites excluding steroid dienone is 3. The Morgan fingerprint density at radius 3 is 2.66 bits per heavy atom. The van der Waals surface area contributed by atoms with Crippen LogP contribution in [0, 0.1) is 0 Å². The summed E-state index contributed by atoms with van der Waals surface area (Å²) in [5, 5.41) is -0.0302. The minimum Gasteiger partial charge on any atom is -0.497 e. The Labute approximate surface area is 204 Å². The number of benzene rings is 1. The fourth-order valence-electron chi connectivity index (χ4n) is 5.51. The van der Waals surface area contributed by atoms with Gasteiger partial charge in [-0.15, -0.1) is 17.7 Å². The first-order chi connectivity index (χ1) is 16.6. The van der Waals surface area contributed by atoms with Crippen LogP contribution in [0.2, 0.25) is 0 Å². The average Bonchev–Trinajstić information content (AvgIpc) is 3.33. The molecule has 0 N–H and O–H groups in total. The van der Waals surface area contributed by atoms with E-state index in [1.54, 1.807) is 50.3 Å². The van der Waals surface area contributed by atoms with Crippen LogP contribution in [0.1, 0.15) is 30.6 Å². The zero-order valence-corrected chi connectivity index (χ0v) is 20.3. The van der Waals surface area contributed by atoms with Crippen LogP contribution in [-0.2, 0) is 4.74 Å². The fraction of sp³-hybridized carbons (Fsp3) is 0.280. The summed E-state index contributed by atoms with van der Waals surface area (Å²) in [6, 6.07) is 6.64. The molecule has 0 fully saturated rings. The molecule has 1 aliphatic carbocycles. The number of methoxy groups -OCH3 is 2. The maximum Gasteiger partial charge on any atom is 0.574 e. The van der Waals surface area contributed by atoms with Crippen LogP contribution in [0.4, 0.5) is 19.1 Å². The molecule has 2 aromatic rings. The smallest absolute Gasteiger partial charge is 0.497 e. The van der Waals surface area contributed by atoms with Gasteiger partial charge in [-0.3, -0.25) is 4.79 Å². The number of halogens is 3. The molecule has 1 aromatic heterocycles. The van der Waals surface area contributed by atoms with E-state index < -0.39 is 16.3 Å². The lowest BCUT2D eigenvalue weighted by Crippen LogP contribution is -2.68. The van der Waals surface area contributed by atoms with Gasteiger partial charge < -0.3 is 9.47 Å². The maximum atomic E-state index is 15.1. The van der Waals surface area contributed by atoms with E-state index in [1.165, 1.54) is 31.1 Å². The second-order valence-electron chi connectivity index (χ2n) is 8.63. The van der Waals surface area contributed by atoms with E-state index in [2.05, 4.69) is 4.98 Å². The molecule has 6 nitrogen and oxygen atoms in total. The first kappa shape index (κ1) is 23.5. The molecule has 1 spiro atoms. The quantitative estimate of drug-likeness (QED) is 0.290. The topological polar surface area (TPSA) is 53.4 Å². The monoisotopic (exact) mass is 502 g/mol. The highest BCUT2D eigenvalue weighted by Gasteiger charge is 2.76. The van der Waals surface area contributed by atoms with E-state index in [0.29, 0.717) is 38.9 Å². The number of hydrogen-bond acceptors (Lipinski definition) is 5. The largest absolute Gasteiger partial charge is 0.574 e. The minimum absolute atomic E-state index is 0.0838. The van der Waals surface area contributed by atoms with Crippen LogP contribution < -0.4 is 9.22 Å². The van der Waals surface area contributed by atoms with Crippen LogP contribution >= 0.6 is 11.8 Å². The van der Waals surface area contributed by atoms with Crippen molar-refractivity contribution in [3.63, 3.8) is 0 Å². The molecule has 2 aliphatic heterocycles. The van der Waals surface area contributed by atoms with Crippen molar-refractivity contribution in [1.29, 1.82) is 0 Å². The van der Waals surface area contributed by atoms with Crippen molar-refractivity contribution in [2.75, 3.05) is 14.2 Å². The number of nitrogens with zero attached hydrogens (tertiary/aromatic N) is 3. The van der Waals surface area contributed by atoms with Gasteiger partial charge in [0.05, 0.1) is 20.4 Å². The molecule has 3 heterocycles. The number of ether oxygens (including phenoxy) is 2. The first-order valence-corrected chi connectivity index (χ1v) is 11.7. The highest BCUT2D eigenvalue weighted by atomic mass is 32.2. The summed E-state index contributed by atoms with van der Waals surface area (Å²) in [4.78, 5) is 17.4. The number of quaternary nitrogens is 1. The molecule has 0 bridgehead atoms. The van der Waals surface area contributed by atoms with Crippen molar-refractivity contribution >= 4 is 28.5 Å². The van der Waals surface area contributed by atoms with Gasteiger partial charge >= 0.3 is 12.2 Å². The third-order valence-electron chi connectivity index (χ3n) is 6.81. The molecular weight excluding hydrogens is 479 g/mol. The number of hydrogen-bond donors (Lipinski definition) is 0. The summed E-state index contributed by atoms with van der Waals surface area (Å²) < 4.78 is 56.0. The van der Waals surface area contributed by atoms with Gasteiger partial charge in [0.25, 0.3) is 0 Å². The van der Waals surface area contributed by atoms with Crippen molar-refractivity contribution in [2.24, 2.45) is 0 Å². The standard InChI is InChI=1S/C25H23F3N3O3S/c1-15-13-24-10-5-6-11-31(24,25(26,27)28)23-29-14-19(30(23)21(24)16(2)20(15)34-4)35-22(32)17-8-7-9-18(12-17)33-3/h5-12,14H,13H2,1-4H3/q+1. The van der Waals surface area contributed by atoms with Crippen molar-refractivity contribution in [3.8, 4) is 5.75 Å². The number of carbonyl (C=O) groups is 1. The predicted molar refractivity (Wildman–Crippen MR) is 127 cm³/mol. The Balaban J connectivity index is 1.74. The highest BCUT2D eigenvalue weighted by Crippen LogP contribution is 2.62. The zero-order chi connectivity index (χ0) is 25.2.